The first-order chi connectivity index (χ1) is 9.47. The summed E-state index contributed by atoms with van der Waals surface area (Å²) in [5.41, 5.74) is 2.17. The fourth-order valence-corrected chi connectivity index (χ4v) is 5.31. The molecule has 3 unspecified atom stereocenters. The molecule has 1 aromatic carbocycles. The summed E-state index contributed by atoms with van der Waals surface area (Å²) < 4.78 is 0. The normalized spacial score (nSPS) is 26.8. The average Bonchev–Trinajstić information content (AvgIpc) is 2.40. The third-order valence-electron chi connectivity index (χ3n) is 3.70. The highest BCUT2D eigenvalue weighted by Gasteiger charge is 2.30. The smallest absolute Gasteiger partial charge is 0.176 e. The Labute approximate surface area is 131 Å². The van der Waals surface area contributed by atoms with E-state index in [2.05, 4.69) is 39.8 Å². The Hall–Kier alpha value is -0.410. The fourth-order valence-electron chi connectivity index (χ4n) is 2.43. The highest BCUT2D eigenvalue weighted by Crippen LogP contribution is 2.37. The van der Waals surface area contributed by atoms with Crippen molar-refractivity contribution in [1.29, 1.82) is 0 Å². The molecule has 1 fully saturated rings. The van der Waals surface area contributed by atoms with Gasteiger partial charge in [0.15, 0.2) is 5.78 Å². The first-order valence-corrected chi connectivity index (χ1v) is 9.36. The molecule has 0 bridgehead atoms. The van der Waals surface area contributed by atoms with Crippen LogP contribution in [0.3, 0.4) is 0 Å². The molecule has 0 radical (unpaired) electrons. The van der Waals surface area contributed by atoms with Gasteiger partial charge in [0, 0.05) is 21.8 Å². The zero-order valence-corrected chi connectivity index (χ0v) is 14.4. The van der Waals surface area contributed by atoms with E-state index in [9.17, 15) is 4.79 Å². The van der Waals surface area contributed by atoms with Crippen molar-refractivity contribution >= 4 is 29.3 Å². The number of hydrogen-bond donors (Lipinski definition) is 0. The molecule has 0 N–H and O–H groups in total. The maximum absolute atomic E-state index is 12.7. The summed E-state index contributed by atoms with van der Waals surface area (Å²) in [5.74, 6) is 1.89. The van der Waals surface area contributed by atoms with Crippen molar-refractivity contribution < 1.29 is 4.79 Å². The Bertz CT molecular complexity index is 470. The number of benzene rings is 1. The SMILES string of the molecule is CC(C)Cc1cccc(C(=O)C2CSC(C)C(C)S2)c1. The van der Waals surface area contributed by atoms with E-state index < -0.39 is 0 Å². The number of thioether (sulfide) groups is 2. The monoisotopic (exact) mass is 308 g/mol. The molecule has 3 atom stereocenters. The van der Waals surface area contributed by atoms with Gasteiger partial charge in [0.1, 0.15) is 0 Å². The zero-order valence-electron chi connectivity index (χ0n) is 12.8. The van der Waals surface area contributed by atoms with Gasteiger partial charge in [0.2, 0.25) is 0 Å². The van der Waals surface area contributed by atoms with Crippen LogP contribution in [0.25, 0.3) is 0 Å². The van der Waals surface area contributed by atoms with Crippen molar-refractivity contribution in [2.45, 2.75) is 49.9 Å². The number of ketones is 1. The lowest BCUT2D eigenvalue weighted by atomic mass is 9.99. The molecular weight excluding hydrogens is 284 g/mol. The molecule has 1 nitrogen and oxygen atoms in total. The third kappa shape index (κ3) is 4.05. The van der Waals surface area contributed by atoms with E-state index in [1.54, 1.807) is 0 Å². The topological polar surface area (TPSA) is 17.1 Å². The van der Waals surface area contributed by atoms with Crippen LogP contribution in [0.1, 0.15) is 43.6 Å². The van der Waals surface area contributed by atoms with E-state index in [0.717, 1.165) is 17.7 Å². The van der Waals surface area contributed by atoms with Gasteiger partial charge in [-0.15, -0.1) is 11.8 Å². The Balaban J connectivity index is 2.09. The summed E-state index contributed by atoms with van der Waals surface area (Å²) in [6.07, 6.45) is 1.04. The Morgan fingerprint density at radius 2 is 2.05 bits per heavy atom. The minimum atomic E-state index is 0.125. The van der Waals surface area contributed by atoms with Crippen molar-refractivity contribution in [2.24, 2.45) is 5.92 Å². The second-order valence-electron chi connectivity index (χ2n) is 6.03. The molecule has 0 spiro atoms. The van der Waals surface area contributed by atoms with Crippen LogP contribution in [-0.2, 0) is 6.42 Å². The summed E-state index contributed by atoms with van der Waals surface area (Å²) in [5, 5.41) is 1.33. The van der Waals surface area contributed by atoms with Crippen molar-refractivity contribution in [3.8, 4) is 0 Å². The van der Waals surface area contributed by atoms with E-state index >= 15 is 0 Å². The number of hydrogen-bond acceptors (Lipinski definition) is 3. The Kier molecular flexibility index (Phi) is 5.62. The highest BCUT2D eigenvalue weighted by molar-refractivity contribution is 8.08. The van der Waals surface area contributed by atoms with Crippen LogP contribution in [0.2, 0.25) is 0 Å². The van der Waals surface area contributed by atoms with E-state index in [1.807, 2.05) is 35.7 Å². The molecule has 1 aliphatic rings. The minimum Gasteiger partial charge on any atom is -0.293 e. The van der Waals surface area contributed by atoms with Gasteiger partial charge in [0.25, 0.3) is 0 Å². The van der Waals surface area contributed by atoms with Crippen LogP contribution in [-0.4, -0.2) is 27.3 Å². The van der Waals surface area contributed by atoms with Crippen molar-refractivity contribution in [2.75, 3.05) is 5.75 Å². The predicted octanol–water partition coefficient (Wildman–Crippen LogP) is 4.69. The highest BCUT2D eigenvalue weighted by atomic mass is 32.2. The Morgan fingerprint density at radius 3 is 2.70 bits per heavy atom. The number of carbonyl (C=O) groups excluding carboxylic acids is 1. The van der Waals surface area contributed by atoms with Crippen molar-refractivity contribution in [3.05, 3.63) is 35.4 Å². The van der Waals surface area contributed by atoms with Crippen LogP contribution < -0.4 is 0 Å². The zero-order chi connectivity index (χ0) is 14.7. The summed E-state index contributed by atoms with van der Waals surface area (Å²) >= 11 is 3.78. The first-order valence-electron chi connectivity index (χ1n) is 7.37. The fraction of sp³-hybridized carbons (Fsp3) is 0.588. The number of rotatable bonds is 4. The number of Topliss-reactive ketones (excluding diaryl/α,β-unsaturated/α-hetero) is 1. The van der Waals surface area contributed by atoms with Crippen molar-refractivity contribution in [3.63, 3.8) is 0 Å². The van der Waals surface area contributed by atoms with E-state index in [0.29, 0.717) is 22.2 Å². The molecular formula is C17H24OS2. The molecule has 3 heteroatoms. The van der Waals surface area contributed by atoms with Gasteiger partial charge in [-0.2, -0.15) is 11.8 Å². The van der Waals surface area contributed by atoms with Crippen LogP contribution in [0.4, 0.5) is 0 Å². The Morgan fingerprint density at radius 1 is 1.30 bits per heavy atom. The predicted molar refractivity (Wildman–Crippen MR) is 92.1 cm³/mol. The second-order valence-corrected chi connectivity index (χ2v) is 9.03. The van der Waals surface area contributed by atoms with E-state index in [-0.39, 0.29) is 5.25 Å². The summed E-state index contributed by atoms with van der Waals surface area (Å²) in [6, 6.07) is 8.22. The van der Waals surface area contributed by atoms with Gasteiger partial charge in [-0.1, -0.05) is 45.9 Å². The standard InChI is InChI=1S/C17H24OS2/c1-11(2)8-14-6-5-7-15(9-14)17(18)16-10-19-12(3)13(4)20-16/h5-7,9,11-13,16H,8,10H2,1-4H3. The summed E-state index contributed by atoms with van der Waals surface area (Å²) in [4.78, 5) is 12.7. The molecule has 0 aliphatic carbocycles. The van der Waals surface area contributed by atoms with Crippen molar-refractivity contribution in [1.82, 2.24) is 0 Å². The summed E-state index contributed by atoms with van der Waals surface area (Å²) in [6.45, 7) is 8.92. The van der Waals surface area contributed by atoms with Gasteiger partial charge in [-0.25, -0.2) is 0 Å². The lowest BCUT2D eigenvalue weighted by Gasteiger charge is -2.30. The largest absolute Gasteiger partial charge is 0.293 e. The quantitative estimate of drug-likeness (QED) is 0.751. The second kappa shape index (κ2) is 7.04. The van der Waals surface area contributed by atoms with Gasteiger partial charge >= 0.3 is 0 Å². The van der Waals surface area contributed by atoms with E-state index in [1.165, 1.54) is 5.56 Å². The van der Waals surface area contributed by atoms with Crippen LogP contribution in [0.15, 0.2) is 24.3 Å². The third-order valence-corrected chi connectivity index (χ3v) is 7.09. The minimum absolute atomic E-state index is 0.125. The molecule has 1 aromatic rings. The lowest BCUT2D eigenvalue weighted by molar-refractivity contribution is 0.0994. The van der Waals surface area contributed by atoms with Crippen LogP contribution in [0, 0.1) is 5.92 Å². The molecule has 2 rings (SSSR count). The summed E-state index contributed by atoms with van der Waals surface area (Å²) in [7, 11) is 0. The number of carbonyl (C=O) groups is 1. The maximum Gasteiger partial charge on any atom is 0.176 e. The van der Waals surface area contributed by atoms with Crippen LogP contribution in [0.5, 0.6) is 0 Å². The van der Waals surface area contributed by atoms with Gasteiger partial charge < -0.3 is 0 Å². The van der Waals surface area contributed by atoms with Gasteiger partial charge in [-0.3, -0.25) is 4.79 Å². The van der Waals surface area contributed by atoms with E-state index in [4.69, 9.17) is 0 Å². The molecule has 0 aromatic heterocycles. The lowest BCUT2D eigenvalue weighted by Crippen LogP contribution is -2.31. The molecule has 1 aliphatic heterocycles. The van der Waals surface area contributed by atoms with Gasteiger partial charge in [0.05, 0.1) is 5.25 Å². The first kappa shape index (κ1) is 16.0. The molecule has 1 heterocycles. The van der Waals surface area contributed by atoms with Crippen LogP contribution >= 0.6 is 23.5 Å². The molecule has 0 saturated carbocycles. The maximum atomic E-state index is 12.7. The molecule has 20 heavy (non-hydrogen) atoms. The van der Waals surface area contributed by atoms with Gasteiger partial charge in [-0.05, 0) is 24.0 Å². The molecule has 0 amide bonds. The molecule has 1 saturated heterocycles. The average molecular weight is 309 g/mol. The molecule has 110 valence electrons.